The average molecular weight is 374 g/mol. The van der Waals surface area contributed by atoms with E-state index in [-0.39, 0.29) is 17.1 Å². The lowest BCUT2D eigenvalue weighted by Crippen LogP contribution is -2.32. The Bertz CT molecular complexity index is 1050. The van der Waals surface area contributed by atoms with Gasteiger partial charge in [0.15, 0.2) is 0 Å². The Labute approximate surface area is 161 Å². The van der Waals surface area contributed by atoms with E-state index in [1.165, 1.54) is 17.8 Å². The maximum atomic E-state index is 11.5. The molecular formula is C20H18N6O2. The standard InChI is InChI=1S/C20H18N6O2/c21-12-16-6-9-22-20(19(16)26(27)28)24-11-8-18-17(13-24)23-14-25(18)10-7-15-4-2-1-3-5-15/h1-6,9,14H,7-8,10-11,13H2. The van der Waals surface area contributed by atoms with Crippen molar-refractivity contribution in [3.05, 3.63) is 81.6 Å². The highest BCUT2D eigenvalue weighted by molar-refractivity contribution is 5.65. The predicted octanol–water partition coefficient (Wildman–Crippen LogP) is 2.86. The van der Waals surface area contributed by atoms with E-state index in [0.717, 1.165) is 30.8 Å². The number of imidazole rings is 1. The van der Waals surface area contributed by atoms with Crippen LogP contribution in [0.5, 0.6) is 0 Å². The topological polar surface area (TPSA) is 101 Å². The van der Waals surface area contributed by atoms with E-state index in [1.54, 1.807) is 0 Å². The van der Waals surface area contributed by atoms with Gasteiger partial charge in [-0.3, -0.25) is 10.1 Å². The Morgan fingerprint density at radius 3 is 2.79 bits per heavy atom. The number of aryl methyl sites for hydroxylation is 2. The molecule has 28 heavy (non-hydrogen) atoms. The molecule has 0 fully saturated rings. The number of rotatable bonds is 5. The summed E-state index contributed by atoms with van der Waals surface area (Å²) < 4.78 is 2.16. The zero-order valence-corrected chi connectivity index (χ0v) is 15.2. The Balaban J connectivity index is 1.55. The van der Waals surface area contributed by atoms with Crippen LogP contribution in [0.2, 0.25) is 0 Å². The van der Waals surface area contributed by atoms with Crippen LogP contribution < -0.4 is 4.90 Å². The van der Waals surface area contributed by atoms with Crippen molar-refractivity contribution < 1.29 is 4.92 Å². The molecule has 3 aromatic rings. The lowest BCUT2D eigenvalue weighted by molar-refractivity contribution is -0.384. The quantitative estimate of drug-likeness (QED) is 0.503. The summed E-state index contributed by atoms with van der Waals surface area (Å²) in [7, 11) is 0. The maximum absolute atomic E-state index is 11.5. The molecule has 0 aliphatic carbocycles. The van der Waals surface area contributed by atoms with Gasteiger partial charge in [-0.15, -0.1) is 0 Å². The van der Waals surface area contributed by atoms with E-state index < -0.39 is 4.92 Å². The molecule has 0 unspecified atom stereocenters. The summed E-state index contributed by atoms with van der Waals surface area (Å²) in [4.78, 5) is 21.5. The maximum Gasteiger partial charge on any atom is 0.329 e. The molecule has 0 radical (unpaired) electrons. The van der Waals surface area contributed by atoms with Gasteiger partial charge in [0.2, 0.25) is 5.82 Å². The zero-order chi connectivity index (χ0) is 19.5. The molecule has 3 heterocycles. The van der Waals surface area contributed by atoms with E-state index in [1.807, 2.05) is 35.5 Å². The van der Waals surface area contributed by atoms with Gasteiger partial charge in [0.05, 0.1) is 23.5 Å². The summed E-state index contributed by atoms with van der Waals surface area (Å²) in [5.74, 6) is 0.230. The van der Waals surface area contributed by atoms with E-state index in [4.69, 9.17) is 0 Å². The molecule has 4 rings (SSSR count). The lowest BCUT2D eigenvalue weighted by atomic mass is 10.1. The molecule has 1 aromatic carbocycles. The average Bonchev–Trinajstić information content (AvgIpc) is 3.14. The minimum atomic E-state index is -0.533. The normalized spacial score (nSPS) is 13.0. The van der Waals surface area contributed by atoms with Gasteiger partial charge in [-0.05, 0) is 18.1 Å². The van der Waals surface area contributed by atoms with Crippen molar-refractivity contribution in [1.82, 2.24) is 14.5 Å². The number of benzene rings is 1. The van der Waals surface area contributed by atoms with Gasteiger partial charge in [0.25, 0.3) is 0 Å². The van der Waals surface area contributed by atoms with Crippen molar-refractivity contribution in [3.8, 4) is 6.07 Å². The van der Waals surface area contributed by atoms with Crippen molar-refractivity contribution in [1.29, 1.82) is 5.26 Å². The minimum Gasteiger partial charge on any atom is -0.344 e. The Morgan fingerprint density at radius 2 is 2.04 bits per heavy atom. The molecule has 8 nitrogen and oxygen atoms in total. The fraction of sp³-hybridized carbons (Fsp3) is 0.250. The fourth-order valence-corrected chi connectivity index (χ4v) is 3.58. The van der Waals surface area contributed by atoms with Gasteiger partial charge in [-0.25, -0.2) is 9.97 Å². The number of aromatic nitrogens is 3. The molecule has 0 amide bonds. The second-order valence-corrected chi connectivity index (χ2v) is 6.64. The Hall–Kier alpha value is -3.73. The summed E-state index contributed by atoms with van der Waals surface area (Å²) >= 11 is 0. The van der Waals surface area contributed by atoms with Crippen molar-refractivity contribution in [2.75, 3.05) is 11.4 Å². The number of anilines is 1. The molecule has 0 atom stereocenters. The molecular weight excluding hydrogens is 356 g/mol. The first kappa shape index (κ1) is 17.7. The van der Waals surface area contributed by atoms with Crippen LogP contribution in [0.25, 0.3) is 0 Å². The van der Waals surface area contributed by atoms with Gasteiger partial charge < -0.3 is 9.47 Å². The third-order valence-corrected chi connectivity index (χ3v) is 4.98. The molecule has 0 saturated heterocycles. The van der Waals surface area contributed by atoms with E-state index in [2.05, 4.69) is 26.7 Å². The Morgan fingerprint density at radius 1 is 1.21 bits per heavy atom. The zero-order valence-electron chi connectivity index (χ0n) is 15.2. The molecule has 0 N–H and O–H groups in total. The second-order valence-electron chi connectivity index (χ2n) is 6.64. The van der Waals surface area contributed by atoms with Crippen LogP contribution in [-0.2, 0) is 25.9 Å². The van der Waals surface area contributed by atoms with Gasteiger partial charge in [0.1, 0.15) is 11.6 Å². The van der Waals surface area contributed by atoms with E-state index in [0.29, 0.717) is 13.1 Å². The SMILES string of the molecule is N#Cc1ccnc(N2CCc3c(ncn3CCc3ccccc3)C2)c1[N+](=O)[O-]. The predicted molar refractivity (Wildman–Crippen MR) is 103 cm³/mol. The van der Waals surface area contributed by atoms with Crippen LogP contribution in [0.15, 0.2) is 48.9 Å². The fourth-order valence-electron chi connectivity index (χ4n) is 3.58. The monoisotopic (exact) mass is 374 g/mol. The first-order valence-electron chi connectivity index (χ1n) is 9.02. The molecule has 1 aliphatic heterocycles. The molecule has 1 aliphatic rings. The smallest absolute Gasteiger partial charge is 0.329 e. The number of hydrogen-bond acceptors (Lipinski definition) is 6. The highest BCUT2D eigenvalue weighted by atomic mass is 16.6. The van der Waals surface area contributed by atoms with Crippen LogP contribution in [0.1, 0.15) is 22.5 Å². The van der Waals surface area contributed by atoms with Gasteiger partial charge in [0, 0.05) is 31.4 Å². The van der Waals surface area contributed by atoms with Gasteiger partial charge in [-0.1, -0.05) is 30.3 Å². The summed E-state index contributed by atoms with van der Waals surface area (Å²) in [6.45, 7) is 1.87. The largest absolute Gasteiger partial charge is 0.344 e. The van der Waals surface area contributed by atoms with Crippen LogP contribution in [0, 0.1) is 21.4 Å². The number of nitriles is 1. The van der Waals surface area contributed by atoms with Crippen molar-refractivity contribution in [2.45, 2.75) is 25.9 Å². The van der Waals surface area contributed by atoms with E-state index >= 15 is 0 Å². The lowest BCUT2D eigenvalue weighted by Gasteiger charge is -2.27. The highest BCUT2D eigenvalue weighted by Crippen LogP contribution is 2.32. The van der Waals surface area contributed by atoms with Crippen molar-refractivity contribution in [3.63, 3.8) is 0 Å². The van der Waals surface area contributed by atoms with Crippen LogP contribution >= 0.6 is 0 Å². The van der Waals surface area contributed by atoms with Crippen molar-refractivity contribution in [2.24, 2.45) is 0 Å². The molecule has 140 valence electrons. The molecule has 0 spiro atoms. The highest BCUT2D eigenvalue weighted by Gasteiger charge is 2.29. The summed E-state index contributed by atoms with van der Waals surface area (Å²) in [6.07, 6.45) is 4.92. The summed E-state index contributed by atoms with van der Waals surface area (Å²) in [5.41, 5.74) is 3.12. The minimum absolute atomic E-state index is 0.0224. The second kappa shape index (κ2) is 7.48. The number of pyridine rings is 1. The van der Waals surface area contributed by atoms with Crippen molar-refractivity contribution >= 4 is 11.5 Å². The van der Waals surface area contributed by atoms with Crippen LogP contribution in [-0.4, -0.2) is 26.0 Å². The number of nitro groups is 1. The number of hydrogen-bond donors (Lipinski definition) is 0. The molecule has 2 aromatic heterocycles. The molecule has 8 heteroatoms. The van der Waals surface area contributed by atoms with Crippen LogP contribution in [0.3, 0.4) is 0 Å². The van der Waals surface area contributed by atoms with Crippen LogP contribution in [0.4, 0.5) is 11.5 Å². The summed E-state index contributed by atoms with van der Waals surface area (Å²) in [5, 5.41) is 20.7. The van der Waals surface area contributed by atoms with Gasteiger partial charge >= 0.3 is 5.69 Å². The third-order valence-electron chi connectivity index (χ3n) is 4.98. The third kappa shape index (κ3) is 3.30. The first-order chi connectivity index (χ1) is 13.7. The van der Waals surface area contributed by atoms with Gasteiger partial charge in [-0.2, -0.15) is 5.26 Å². The Kier molecular flexibility index (Phi) is 4.72. The van der Waals surface area contributed by atoms with E-state index in [9.17, 15) is 15.4 Å². The molecule has 0 bridgehead atoms. The first-order valence-corrected chi connectivity index (χ1v) is 9.02. The molecule has 0 saturated carbocycles. The number of fused-ring (bicyclic) bond motifs is 1. The summed E-state index contributed by atoms with van der Waals surface area (Å²) in [6, 6.07) is 13.5. The number of nitrogens with zero attached hydrogens (tertiary/aromatic N) is 6.